The van der Waals surface area contributed by atoms with Gasteiger partial charge in [-0.25, -0.2) is 0 Å². The summed E-state index contributed by atoms with van der Waals surface area (Å²) in [6, 6.07) is 4.72. The molecule has 1 N–H and O–H groups in total. The smallest absolute Gasteiger partial charge is 0.252 e. The van der Waals surface area contributed by atoms with E-state index in [1.807, 2.05) is 0 Å². The fourth-order valence-corrected chi connectivity index (χ4v) is 2.39. The molecule has 1 aromatic rings. The molecule has 0 saturated carbocycles. The van der Waals surface area contributed by atoms with Crippen molar-refractivity contribution >= 4 is 33.4 Å². The Balaban J connectivity index is 2.76. The van der Waals surface area contributed by atoms with Gasteiger partial charge in [-0.05, 0) is 41.1 Å². The summed E-state index contributed by atoms with van der Waals surface area (Å²) >= 11 is 9.12. The van der Waals surface area contributed by atoms with Gasteiger partial charge in [0.05, 0.1) is 11.6 Å². The van der Waals surface area contributed by atoms with Crippen LogP contribution in [0.4, 0.5) is 0 Å². The molecule has 0 aliphatic rings. The van der Waals surface area contributed by atoms with E-state index in [0.29, 0.717) is 15.1 Å². The fraction of sp³-hybridized carbons (Fsp3) is 0.417. The Hall–Kier alpha value is -0.620. The zero-order valence-electron chi connectivity index (χ0n) is 10.4. The van der Waals surface area contributed by atoms with Crippen molar-refractivity contribution < 1.29 is 14.3 Å². The summed E-state index contributed by atoms with van der Waals surface area (Å²) in [5.74, 6) is -0.217. The number of hydrogen-bond acceptors (Lipinski definition) is 3. The van der Waals surface area contributed by atoms with Gasteiger partial charge in [-0.3, -0.25) is 4.79 Å². The van der Waals surface area contributed by atoms with Crippen LogP contribution >= 0.6 is 27.5 Å². The molecule has 6 heteroatoms. The predicted octanol–water partition coefficient (Wildman–Crippen LogP) is 2.84. The van der Waals surface area contributed by atoms with Crippen molar-refractivity contribution in [3.05, 3.63) is 33.3 Å². The first kappa shape index (κ1) is 15.4. The topological polar surface area (TPSA) is 47.6 Å². The average Bonchev–Trinajstić information content (AvgIpc) is 2.30. The molecule has 1 rings (SSSR count). The summed E-state index contributed by atoms with van der Waals surface area (Å²) < 4.78 is 10.8. The zero-order chi connectivity index (χ0) is 13.7. The van der Waals surface area contributed by atoms with Crippen molar-refractivity contribution in [3.8, 4) is 0 Å². The number of rotatable bonds is 5. The number of halogens is 2. The average molecular weight is 337 g/mol. The first-order valence-electron chi connectivity index (χ1n) is 5.31. The summed E-state index contributed by atoms with van der Waals surface area (Å²) in [6.45, 7) is 1.80. The number of amides is 1. The maximum Gasteiger partial charge on any atom is 0.252 e. The van der Waals surface area contributed by atoms with E-state index in [0.717, 1.165) is 0 Å². The number of carbonyl (C=O) groups excluding carboxylic acids is 1. The summed E-state index contributed by atoms with van der Waals surface area (Å²) in [5.41, 5.74) is 0.511. The molecule has 4 nitrogen and oxygen atoms in total. The van der Waals surface area contributed by atoms with E-state index in [1.54, 1.807) is 25.1 Å². The van der Waals surface area contributed by atoms with Gasteiger partial charge in [0.25, 0.3) is 5.91 Å². The molecule has 0 heterocycles. The summed E-state index contributed by atoms with van der Waals surface area (Å²) in [7, 11) is 3.05. The van der Waals surface area contributed by atoms with Crippen molar-refractivity contribution in [1.29, 1.82) is 0 Å². The van der Waals surface area contributed by atoms with E-state index in [2.05, 4.69) is 21.2 Å². The van der Waals surface area contributed by atoms with Crippen LogP contribution in [0.25, 0.3) is 0 Å². The second-order valence-electron chi connectivity index (χ2n) is 3.73. The summed E-state index contributed by atoms with van der Waals surface area (Å²) in [5, 5.41) is 3.36. The van der Waals surface area contributed by atoms with Crippen LogP contribution in [-0.2, 0) is 9.47 Å². The largest absolute Gasteiger partial charge is 0.354 e. The predicted molar refractivity (Wildman–Crippen MR) is 73.9 cm³/mol. The minimum atomic E-state index is -0.486. The Morgan fingerprint density at radius 2 is 2.00 bits per heavy atom. The van der Waals surface area contributed by atoms with E-state index in [4.69, 9.17) is 21.1 Å². The third-order valence-corrected chi connectivity index (χ3v) is 3.30. The molecule has 0 aromatic heterocycles. The Labute approximate surface area is 120 Å². The highest BCUT2D eigenvalue weighted by Crippen LogP contribution is 2.21. The molecule has 0 aliphatic carbocycles. The second kappa shape index (κ2) is 7.09. The maximum absolute atomic E-state index is 12.0. The van der Waals surface area contributed by atoms with Gasteiger partial charge in [0, 0.05) is 23.7 Å². The van der Waals surface area contributed by atoms with Crippen LogP contribution in [0.2, 0.25) is 5.02 Å². The number of benzene rings is 1. The van der Waals surface area contributed by atoms with Crippen molar-refractivity contribution in [2.75, 3.05) is 14.2 Å². The van der Waals surface area contributed by atoms with Gasteiger partial charge in [-0.15, -0.1) is 0 Å². The highest BCUT2D eigenvalue weighted by atomic mass is 79.9. The molecular formula is C12H15BrClNO3. The Bertz CT molecular complexity index is 424. The van der Waals surface area contributed by atoms with Gasteiger partial charge in [0.2, 0.25) is 0 Å². The molecule has 100 valence electrons. The SMILES string of the molecule is COC(OC)C(C)NC(=O)c1ccc(Cl)cc1Br. The third kappa shape index (κ3) is 3.95. The zero-order valence-corrected chi connectivity index (χ0v) is 12.7. The minimum Gasteiger partial charge on any atom is -0.354 e. The van der Waals surface area contributed by atoms with Gasteiger partial charge in [-0.1, -0.05) is 11.6 Å². The molecule has 0 radical (unpaired) electrons. The van der Waals surface area contributed by atoms with Crippen molar-refractivity contribution in [3.63, 3.8) is 0 Å². The lowest BCUT2D eigenvalue weighted by molar-refractivity contribution is -0.117. The van der Waals surface area contributed by atoms with Gasteiger partial charge in [-0.2, -0.15) is 0 Å². The molecule has 0 spiro atoms. The van der Waals surface area contributed by atoms with Crippen molar-refractivity contribution in [2.24, 2.45) is 0 Å². The summed E-state index contributed by atoms with van der Waals surface area (Å²) in [4.78, 5) is 12.0. The Kier molecular flexibility index (Phi) is 6.08. The molecule has 1 unspecified atom stereocenters. The minimum absolute atomic E-state index is 0.217. The van der Waals surface area contributed by atoms with E-state index in [9.17, 15) is 4.79 Å². The molecule has 1 amide bonds. The molecule has 1 atom stereocenters. The lowest BCUT2D eigenvalue weighted by Gasteiger charge is -2.22. The molecule has 0 bridgehead atoms. The van der Waals surface area contributed by atoms with Crippen molar-refractivity contribution in [2.45, 2.75) is 19.3 Å². The number of nitrogens with one attached hydrogen (secondary N) is 1. The van der Waals surface area contributed by atoms with E-state index < -0.39 is 6.29 Å². The van der Waals surface area contributed by atoms with E-state index in [-0.39, 0.29) is 11.9 Å². The normalized spacial score (nSPS) is 12.6. The molecular weight excluding hydrogens is 321 g/mol. The lowest BCUT2D eigenvalue weighted by Crippen LogP contribution is -2.43. The second-order valence-corrected chi connectivity index (χ2v) is 5.02. The quantitative estimate of drug-likeness (QED) is 0.841. The van der Waals surface area contributed by atoms with E-state index in [1.165, 1.54) is 14.2 Å². The number of methoxy groups -OCH3 is 2. The fourth-order valence-electron chi connectivity index (χ4n) is 1.53. The standard InChI is InChI=1S/C12H15BrClNO3/c1-7(12(17-2)18-3)15-11(16)9-5-4-8(14)6-10(9)13/h4-7,12H,1-3H3,(H,15,16). The number of ether oxygens (including phenoxy) is 2. The molecule has 0 saturated heterocycles. The first-order valence-corrected chi connectivity index (χ1v) is 6.48. The highest BCUT2D eigenvalue weighted by Gasteiger charge is 2.19. The van der Waals surface area contributed by atoms with Crippen LogP contribution in [-0.4, -0.2) is 32.5 Å². The molecule has 0 fully saturated rings. The monoisotopic (exact) mass is 335 g/mol. The van der Waals surface area contributed by atoms with Gasteiger partial charge < -0.3 is 14.8 Å². The number of carbonyl (C=O) groups is 1. The Morgan fingerprint density at radius 1 is 1.39 bits per heavy atom. The first-order chi connectivity index (χ1) is 8.49. The van der Waals surface area contributed by atoms with Gasteiger partial charge in [0.1, 0.15) is 0 Å². The van der Waals surface area contributed by atoms with Crippen LogP contribution in [0.1, 0.15) is 17.3 Å². The molecule has 18 heavy (non-hydrogen) atoms. The third-order valence-electron chi connectivity index (χ3n) is 2.41. The van der Waals surface area contributed by atoms with Crippen LogP contribution in [0, 0.1) is 0 Å². The van der Waals surface area contributed by atoms with Crippen LogP contribution in [0.15, 0.2) is 22.7 Å². The van der Waals surface area contributed by atoms with E-state index >= 15 is 0 Å². The maximum atomic E-state index is 12.0. The number of hydrogen-bond donors (Lipinski definition) is 1. The highest BCUT2D eigenvalue weighted by molar-refractivity contribution is 9.10. The lowest BCUT2D eigenvalue weighted by atomic mass is 10.2. The summed E-state index contributed by atoms with van der Waals surface area (Å²) in [6.07, 6.45) is -0.486. The van der Waals surface area contributed by atoms with Crippen LogP contribution in [0.3, 0.4) is 0 Å². The van der Waals surface area contributed by atoms with Crippen LogP contribution in [0.5, 0.6) is 0 Å². The molecule has 1 aromatic carbocycles. The van der Waals surface area contributed by atoms with Gasteiger partial charge in [0.15, 0.2) is 6.29 Å². The van der Waals surface area contributed by atoms with Crippen molar-refractivity contribution in [1.82, 2.24) is 5.32 Å². The Morgan fingerprint density at radius 3 is 2.50 bits per heavy atom. The molecule has 0 aliphatic heterocycles. The van der Waals surface area contributed by atoms with Gasteiger partial charge >= 0.3 is 0 Å². The van der Waals surface area contributed by atoms with Crippen LogP contribution < -0.4 is 5.32 Å².